The molecule has 120 valence electrons. The predicted octanol–water partition coefficient (Wildman–Crippen LogP) is 0.599. The minimum absolute atomic E-state index is 0.00165. The average molecular weight is 307 g/mol. The summed E-state index contributed by atoms with van der Waals surface area (Å²) >= 11 is 0. The molecule has 1 atom stereocenters. The number of rotatable bonds is 3. The number of halogens is 1. The van der Waals surface area contributed by atoms with Crippen molar-refractivity contribution in [2.45, 2.75) is 12.5 Å². The molecular weight excluding hydrogens is 285 g/mol. The van der Waals surface area contributed by atoms with Crippen LogP contribution in [0, 0.1) is 5.82 Å². The van der Waals surface area contributed by atoms with Crippen LogP contribution >= 0.6 is 0 Å². The molecule has 1 aromatic rings. The lowest BCUT2D eigenvalue weighted by atomic mass is 10.1. The van der Waals surface area contributed by atoms with E-state index in [-0.39, 0.29) is 30.1 Å². The number of nitrogens with zero attached hydrogens (tertiary/aromatic N) is 3. The number of carbonyl (C=O) groups excluding carboxylic acids is 2. The van der Waals surface area contributed by atoms with E-state index in [9.17, 15) is 14.0 Å². The summed E-state index contributed by atoms with van der Waals surface area (Å²) in [5.74, 6) is -0.342. The second-order valence-electron chi connectivity index (χ2n) is 5.87. The molecule has 0 aliphatic carbocycles. The molecule has 5 nitrogen and oxygen atoms in total. The quantitative estimate of drug-likeness (QED) is 0.821. The Kier molecular flexibility index (Phi) is 5.13. The van der Waals surface area contributed by atoms with Gasteiger partial charge in [0.1, 0.15) is 11.9 Å². The molecule has 1 saturated heterocycles. The molecule has 1 fully saturated rings. The van der Waals surface area contributed by atoms with E-state index in [1.807, 2.05) is 11.9 Å². The summed E-state index contributed by atoms with van der Waals surface area (Å²) in [5, 5.41) is 0. The van der Waals surface area contributed by atoms with Crippen LogP contribution in [0.5, 0.6) is 0 Å². The maximum absolute atomic E-state index is 12.9. The second-order valence-corrected chi connectivity index (χ2v) is 5.87. The van der Waals surface area contributed by atoms with Gasteiger partial charge in [-0.05, 0) is 24.7 Å². The highest BCUT2D eigenvalue weighted by atomic mass is 19.1. The number of hydrogen-bond donors (Lipinski definition) is 0. The van der Waals surface area contributed by atoms with E-state index in [2.05, 4.69) is 0 Å². The number of likely N-dealkylation sites (N-methyl/N-ethyl adjacent to an activating group) is 2. The van der Waals surface area contributed by atoms with Crippen molar-refractivity contribution in [1.82, 2.24) is 14.7 Å². The van der Waals surface area contributed by atoms with Crippen molar-refractivity contribution in [2.75, 3.05) is 40.8 Å². The van der Waals surface area contributed by atoms with Gasteiger partial charge in [0, 0.05) is 33.7 Å². The van der Waals surface area contributed by atoms with Gasteiger partial charge in [-0.2, -0.15) is 0 Å². The minimum Gasteiger partial charge on any atom is -0.347 e. The second kappa shape index (κ2) is 6.87. The monoisotopic (exact) mass is 307 g/mol. The Balaban J connectivity index is 2.01. The van der Waals surface area contributed by atoms with E-state index >= 15 is 0 Å². The van der Waals surface area contributed by atoms with Gasteiger partial charge in [0.25, 0.3) is 0 Å². The number of amides is 2. The lowest BCUT2D eigenvalue weighted by Crippen LogP contribution is -2.58. The Morgan fingerprint density at radius 1 is 1.23 bits per heavy atom. The zero-order chi connectivity index (χ0) is 16.3. The fraction of sp³-hybridized carbons (Fsp3) is 0.500. The highest BCUT2D eigenvalue weighted by Gasteiger charge is 2.32. The van der Waals surface area contributed by atoms with E-state index in [0.29, 0.717) is 19.6 Å². The molecule has 1 unspecified atom stereocenters. The molecule has 0 saturated carbocycles. The molecule has 1 aliphatic rings. The van der Waals surface area contributed by atoms with E-state index in [1.54, 1.807) is 36.0 Å². The van der Waals surface area contributed by atoms with Gasteiger partial charge >= 0.3 is 0 Å². The molecule has 0 spiro atoms. The Hall–Kier alpha value is -1.95. The zero-order valence-electron chi connectivity index (χ0n) is 13.3. The van der Waals surface area contributed by atoms with Crippen molar-refractivity contribution in [1.29, 1.82) is 0 Å². The fourth-order valence-electron chi connectivity index (χ4n) is 2.55. The van der Waals surface area contributed by atoms with E-state index < -0.39 is 0 Å². The van der Waals surface area contributed by atoms with Crippen LogP contribution in [-0.4, -0.2) is 73.3 Å². The molecule has 22 heavy (non-hydrogen) atoms. The summed E-state index contributed by atoms with van der Waals surface area (Å²) in [6, 6.07) is 5.63. The van der Waals surface area contributed by atoms with E-state index in [1.165, 1.54) is 12.1 Å². The van der Waals surface area contributed by atoms with Crippen LogP contribution in [0.2, 0.25) is 0 Å². The van der Waals surface area contributed by atoms with Crippen molar-refractivity contribution in [3.63, 3.8) is 0 Å². The van der Waals surface area contributed by atoms with Crippen LogP contribution in [-0.2, 0) is 16.0 Å². The number of piperazine rings is 1. The van der Waals surface area contributed by atoms with Gasteiger partial charge in [0.2, 0.25) is 11.8 Å². The highest BCUT2D eigenvalue weighted by Crippen LogP contribution is 2.12. The van der Waals surface area contributed by atoms with E-state index in [0.717, 1.165) is 5.56 Å². The van der Waals surface area contributed by atoms with Crippen molar-refractivity contribution in [3.8, 4) is 0 Å². The number of benzene rings is 1. The molecule has 6 heteroatoms. The first kappa shape index (κ1) is 16.4. The van der Waals surface area contributed by atoms with Crippen molar-refractivity contribution < 1.29 is 14.0 Å². The summed E-state index contributed by atoms with van der Waals surface area (Å²) in [5.41, 5.74) is 0.779. The van der Waals surface area contributed by atoms with Crippen molar-refractivity contribution in [2.24, 2.45) is 0 Å². The van der Waals surface area contributed by atoms with Gasteiger partial charge in [-0.25, -0.2) is 4.39 Å². The standard InChI is InChI=1S/C16H22FN3O2/c1-18(2)16(22)14-11-20(9-8-19(14)3)15(21)10-12-4-6-13(17)7-5-12/h4-7,14H,8-11H2,1-3H3. The van der Waals surface area contributed by atoms with Crippen molar-refractivity contribution >= 4 is 11.8 Å². The smallest absolute Gasteiger partial charge is 0.241 e. The Morgan fingerprint density at radius 3 is 2.45 bits per heavy atom. The topological polar surface area (TPSA) is 43.9 Å². The average Bonchev–Trinajstić information content (AvgIpc) is 2.49. The molecule has 0 bridgehead atoms. The summed E-state index contributed by atoms with van der Waals surface area (Å²) in [4.78, 5) is 29.8. The van der Waals surface area contributed by atoms with Crippen LogP contribution in [0.4, 0.5) is 4.39 Å². The van der Waals surface area contributed by atoms with Crippen LogP contribution in [0.15, 0.2) is 24.3 Å². The Morgan fingerprint density at radius 2 is 1.86 bits per heavy atom. The van der Waals surface area contributed by atoms with Crippen LogP contribution in [0.3, 0.4) is 0 Å². The minimum atomic E-state index is -0.313. The fourth-order valence-corrected chi connectivity index (χ4v) is 2.55. The molecule has 2 rings (SSSR count). The maximum Gasteiger partial charge on any atom is 0.241 e. The van der Waals surface area contributed by atoms with E-state index in [4.69, 9.17) is 0 Å². The lowest BCUT2D eigenvalue weighted by molar-refractivity contribution is -0.141. The molecule has 1 aliphatic heterocycles. The predicted molar refractivity (Wildman–Crippen MR) is 81.8 cm³/mol. The Bertz CT molecular complexity index is 545. The number of carbonyl (C=O) groups is 2. The summed E-state index contributed by atoms with van der Waals surface area (Å²) in [6.07, 6.45) is 0.229. The maximum atomic E-state index is 12.9. The highest BCUT2D eigenvalue weighted by molar-refractivity contribution is 5.84. The summed E-state index contributed by atoms with van der Waals surface area (Å²) in [6.45, 7) is 1.67. The van der Waals surface area contributed by atoms with Gasteiger partial charge in [-0.3, -0.25) is 14.5 Å². The van der Waals surface area contributed by atoms with Gasteiger partial charge in [-0.15, -0.1) is 0 Å². The summed E-state index contributed by atoms with van der Waals surface area (Å²) in [7, 11) is 5.33. The first-order valence-electron chi connectivity index (χ1n) is 7.32. The third-order valence-electron chi connectivity index (χ3n) is 4.00. The van der Waals surface area contributed by atoms with Gasteiger partial charge < -0.3 is 9.80 Å². The molecule has 1 aromatic carbocycles. The zero-order valence-corrected chi connectivity index (χ0v) is 13.3. The number of hydrogen-bond acceptors (Lipinski definition) is 3. The lowest BCUT2D eigenvalue weighted by Gasteiger charge is -2.39. The molecule has 2 amide bonds. The first-order chi connectivity index (χ1) is 10.4. The first-order valence-corrected chi connectivity index (χ1v) is 7.32. The third kappa shape index (κ3) is 3.82. The normalized spacial score (nSPS) is 19.1. The molecule has 0 N–H and O–H groups in total. The SMILES string of the molecule is CN(C)C(=O)C1CN(C(=O)Cc2ccc(F)cc2)CCN1C. The van der Waals surface area contributed by atoms with Gasteiger partial charge in [-0.1, -0.05) is 12.1 Å². The van der Waals surface area contributed by atoms with Gasteiger partial charge in [0.05, 0.1) is 6.42 Å². The van der Waals surface area contributed by atoms with Crippen molar-refractivity contribution in [3.05, 3.63) is 35.6 Å². The molecule has 0 aromatic heterocycles. The van der Waals surface area contributed by atoms with Gasteiger partial charge in [0.15, 0.2) is 0 Å². The molecular formula is C16H22FN3O2. The Labute approximate surface area is 130 Å². The van der Waals surface area contributed by atoms with Crippen LogP contribution < -0.4 is 0 Å². The molecule has 0 radical (unpaired) electrons. The molecule has 1 heterocycles. The third-order valence-corrected chi connectivity index (χ3v) is 4.00. The summed E-state index contributed by atoms with van der Waals surface area (Å²) < 4.78 is 12.9. The van der Waals surface area contributed by atoms with Crippen LogP contribution in [0.25, 0.3) is 0 Å². The van der Waals surface area contributed by atoms with Crippen LogP contribution in [0.1, 0.15) is 5.56 Å². The largest absolute Gasteiger partial charge is 0.347 e.